The van der Waals surface area contributed by atoms with E-state index in [2.05, 4.69) is 10.6 Å². The molecule has 0 saturated carbocycles. The van der Waals surface area contributed by atoms with Gasteiger partial charge in [0, 0.05) is 18.2 Å². The number of benzene rings is 1. The van der Waals surface area contributed by atoms with Gasteiger partial charge in [-0.05, 0) is 42.5 Å². The van der Waals surface area contributed by atoms with E-state index >= 15 is 0 Å². The van der Waals surface area contributed by atoms with Crippen LogP contribution < -0.4 is 10.6 Å². The van der Waals surface area contributed by atoms with Gasteiger partial charge in [0.1, 0.15) is 5.76 Å². The molecule has 6 nitrogen and oxygen atoms in total. The van der Waals surface area contributed by atoms with Gasteiger partial charge >= 0.3 is 5.97 Å². The number of halogens is 1. The summed E-state index contributed by atoms with van der Waals surface area (Å²) < 4.78 is 5.22. The number of furan rings is 1. The Labute approximate surface area is 136 Å². The lowest BCUT2D eigenvalue weighted by Gasteiger charge is -2.10. The van der Waals surface area contributed by atoms with Crippen LogP contribution in [0.1, 0.15) is 17.5 Å². The maximum absolute atomic E-state index is 10.9. The van der Waals surface area contributed by atoms with Gasteiger partial charge in [0.15, 0.2) is 5.11 Å². The van der Waals surface area contributed by atoms with Crippen molar-refractivity contribution in [2.75, 3.05) is 5.32 Å². The molecule has 0 spiro atoms. The largest absolute Gasteiger partial charge is 0.475 e. The van der Waals surface area contributed by atoms with Gasteiger partial charge in [-0.3, -0.25) is 4.79 Å². The fraction of sp³-hybridized carbons (Fsp3) is 0.0714. The van der Waals surface area contributed by atoms with Crippen molar-refractivity contribution in [3.05, 3.63) is 41.1 Å². The molecule has 0 fully saturated rings. The van der Waals surface area contributed by atoms with E-state index in [4.69, 9.17) is 33.3 Å². The predicted octanol–water partition coefficient (Wildman–Crippen LogP) is 3.13. The van der Waals surface area contributed by atoms with E-state index in [1.165, 1.54) is 19.1 Å². The minimum Gasteiger partial charge on any atom is -0.475 e. The molecule has 1 aromatic heterocycles. The van der Waals surface area contributed by atoms with Gasteiger partial charge in [0.05, 0.1) is 5.02 Å². The third kappa shape index (κ3) is 3.84. The van der Waals surface area contributed by atoms with Crippen LogP contribution in [0.3, 0.4) is 0 Å². The van der Waals surface area contributed by atoms with Gasteiger partial charge in [-0.15, -0.1) is 0 Å². The Hall–Kier alpha value is -2.38. The first kappa shape index (κ1) is 16.0. The van der Waals surface area contributed by atoms with Crippen LogP contribution in [0.15, 0.2) is 34.7 Å². The second-order valence-corrected chi connectivity index (χ2v) is 5.11. The highest BCUT2D eigenvalue weighted by molar-refractivity contribution is 7.80. The molecular formula is C14H11ClN2O4S. The summed E-state index contributed by atoms with van der Waals surface area (Å²) in [6, 6.07) is 7.77. The van der Waals surface area contributed by atoms with Crippen LogP contribution in [-0.4, -0.2) is 22.1 Å². The van der Waals surface area contributed by atoms with Gasteiger partial charge in [-0.2, -0.15) is 0 Å². The average Bonchev–Trinajstić information content (AvgIpc) is 2.89. The minimum atomic E-state index is -1.16. The Morgan fingerprint density at radius 3 is 2.59 bits per heavy atom. The third-order valence-electron chi connectivity index (χ3n) is 2.60. The first-order valence-electron chi connectivity index (χ1n) is 6.08. The maximum Gasteiger partial charge on any atom is 0.371 e. The van der Waals surface area contributed by atoms with Crippen LogP contribution in [0, 0.1) is 0 Å². The summed E-state index contributed by atoms with van der Waals surface area (Å²) in [7, 11) is 0. The van der Waals surface area contributed by atoms with E-state index in [9.17, 15) is 9.59 Å². The number of hydrogen-bond acceptors (Lipinski definition) is 4. The molecule has 22 heavy (non-hydrogen) atoms. The van der Waals surface area contributed by atoms with Crippen molar-refractivity contribution in [1.29, 1.82) is 0 Å². The van der Waals surface area contributed by atoms with Crippen molar-refractivity contribution in [3.63, 3.8) is 0 Å². The molecule has 0 aliphatic rings. The molecule has 0 unspecified atom stereocenters. The molecule has 0 atom stereocenters. The van der Waals surface area contributed by atoms with Gasteiger partial charge in [0.2, 0.25) is 11.7 Å². The molecule has 1 heterocycles. The molecule has 3 N–H and O–H groups in total. The Bertz CT molecular complexity index is 757. The zero-order valence-electron chi connectivity index (χ0n) is 11.3. The van der Waals surface area contributed by atoms with Crippen molar-refractivity contribution < 1.29 is 19.1 Å². The number of carboxylic acid groups (broad SMARTS) is 1. The molecule has 0 bridgehead atoms. The van der Waals surface area contributed by atoms with Crippen LogP contribution in [-0.2, 0) is 4.79 Å². The zero-order valence-corrected chi connectivity index (χ0v) is 12.9. The van der Waals surface area contributed by atoms with Crippen LogP contribution in [0.25, 0.3) is 11.3 Å². The molecule has 114 valence electrons. The first-order chi connectivity index (χ1) is 10.4. The lowest BCUT2D eigenvalue weighted by atomic mass is 10.1. The second kappa shape index (κ2) is 6.59. The standard InChI is InChI=1S/C14H11ClN2O4S/c1-7(18)16-14(22)17-8-2-3-10(15)9(6-8)11-4-5-12(21-11)13(19)20/h2-6H,1H3,(H,19,20)(H2,16,17,18,22). The average molecular weight is 339 g/mol. The molecule has 2 rings (SSSR count). The number of thiocarbonyl (C=S) groups is 1. The number of rotatable bonds is 3. The summed E-state index contributed by atoms with van der Waals surface area (Å²) in [6.45, 7) is 1.34. The summed E-state index contributed by atoms with van der Waals surface area (Å²) >= 11 is 11.1. The van der Waals surface area contributed by atoms with Crippen LogP contribution in [0.5, 0.6) is 0 Å². The lowest BCUT2D eigenvalue weighted by molar-refractivity contribution is -0.117. The minimum absolute atomic E-state index is 0.145. The number of nitrogens with one attached hydrogen (secondary N) is 2. The van der Waals surface area contributed by atoms with Crippen molar-refractivity contribution in [3.8, 4) is 11.3 Å². The summed E-state index contributed by atoms with van der Waals surface area (Å²) in [5, 5.41) is 14.7. The number of amides is 1. The van der Waals surface area contributed by atoms with Gasteiger partial charge in [-0.25, -0.2) is 4.79 Å². The summed E-state index contributed by atoms with van der Waals surface area (Å²) in [5.41, 5.74) is 1.08. The Kier molecular flexibility index (Phi) is 4.79. The normalized spacial score (nSPS) is 10.1. The van der Waals surface area contributed by atoms with Crippen molar-refractivity contribution in [1.82, 2.24) is 5.32 Å². The van der Waals surface area contributed by atoms with E-state index in [0.29, 0.717) is 22.0 Å². The van der Waals surface area contributed by atoms with Crippen LogP contribution in [0.4, 0.5) is 5.69 Å². The predicted molar refractivity (Wildman–Crippen MR) is 86.2 cm³/mol. The van der Waals surface area contributed by atoms with E-state index in [1.54, 1.807) is 18.2 Å². The molecule has 8 heteroatoms. The fourth-order valence-corrected chi connectivity index (χ4v) is 2.18. The lowest BCUT2D eigenvalue weighted by Crippen LogP contribution is -2.32. The van der Waals surface area contributed by atoms with Gasteiger partial charge in [-0.1, -0.05) is 11.6 Å². The van der Waals surface area contributed by atoms with Crippen molar-refractivity contribution >= 4 is 46.5 Å². The molecule has 0 radical (unpaired) electrons. The Morgan fingerprint density at radius 2 is 2.00 bits per heavy atom. The number of carbonyl (C=O) groups is 2. The van der Waals surface area contributed by atoms with Gasteiger partial charge < -0.3 is 20.2 Å². The van der Waals surface area contributed by atoms with Crippen molar-refractivity contribution in [2.45, 2.75) is 6.92 Å². The van der Waals surface area contributed by atoms with E-state index in [1.807, 2.05) is 0 Å². The Morgan fingerprint density at radius 1 is 1.27 bits per heavy atom. The quantitative estimate of drug-likeness (QED) is 0.745. The van der Waals surface area contributed by atoms with Crippen LogP contribution >= 0.6 is 23.8 Å². The maximum atomic E-state index is 10.9. The topological polar surface area (TPSA) is 91.6 Å². The highest BCUT2D eigenvalue weighted by Gasteiger charge is 2.13. The van der Waals surface area contributed by atoms with E-state index in [0.717, 1.165) is 0 Å². The summed E-state index contributed by atoms with van der Waals surface area (Å²) in [5.74, 6) is -1.32. The smallest absolute Gasteiger partial charge is 0.371 e. The molecular weight excluding hydrogens is 328 g/mol. The number of anilines is 1. The molecule has 2 aromatic rings. The molecule has 0 aliphatic heterocycles. The number of carbonyl (C=O) groups excluding carboxylic acids is 1. The monoisotopic (exact) mass is 338 g/mol. The second-order valence-electron chi connectivity index (χ2n) is 4.30. The number of aromatic carboxylic acids is 1. The zero-order chi connectivity index (χ0) is 16.3. The number of carboxylic acids is 1. The number of hydrogen-bond donors (Lipinski definition) is 3. The third-order valence-corrected chi connectivity index (χ3v) is 3.13. The van der Waals surface area contributed by atoms with E-state index < -0.39 is 5.97 Å². The Balaban J connectivity index is 2.28. The fourth-order valence-electron chi connectivity index (χ4n) is 1.71. The SMILES string of the molecule is CC(=O)NC(=S)Nc1ccc(Cl)c(-c2ccc(C(=O)O)o2)c1. The highest BCUT2D eigenvalue weighted by atomic mass is 35.5. The molecule has 0 saturated heterocycles. The highest BCUT2D eigenvalue weighted by Crippen LogP contribution is 2.31. The van der Waals surface area contributed by atoms with Crippen molar-refractivity contribution in [2.24, 2.45) is 0 Å². The van der Waals surface area contributed by atoms with Crippen LogP contribution in [0.2, 0.25) is 5.02 Å². The summed E-state index contributed by atoms with van der Waals surface area (Å²) in [6.07, 6.45) is 0. The summed E-state index contributed by atoms with van der Waals surface area (Å²) in [4.78, 5) is 21.8. The molecule has 1 amide bonds. The molecule has 1 aromatic carbocycles. The molecule has 0 aliphatic carbocycles. The van der Waals surface area contributed by atoms with Gasteiger partial charge in [0.25, 0.3) is 0 Å². The first-order valence-corrected chi connectivity index (χ1v) is 6.87. The van der Waals surface area contributed by atoms with E-state index in [-0.39, 0.29) is 16.8 Å².